The average molecular weight is 767 g/mol. The number of rotatable bonds is 4. The van der Waals surface area contributed by atoms with Gasteiger partial charge < -0.3 is 24.2 Å². The predicted octanol–water partition coefficient (Wildman–Crippen LogP) is 5.82. The normalized spacial score (nSPS) is 33.3. The van der Waals surface area contributed by atoms with Crippen LogP contribution < -0.4 is 14.4 Å². The molecule has 7 rings (SSSR count). The number of halogens is 1. The SMILES string of the molecule is CO[C@]1(CC(=O)N2CC[C@@H](N(C)C)C2)/C=C/C[C@H](C)[C@@H](C)S(=O)(=O)NC(=O)c2ccc3c(c2)N(C[C@@H]2CC[C@H]21)C[C@@]1(CCCc2cc(Cl)ccc21)CO3. The van der Waals surface area contributed by atoms with Crippen LogP contribution in [0.5, 0.6) is 5.75 Å². The largest absolute Gasteiger partial charge is 0.490 e. The van der Waals surface area contributed by atoms with Gasteiger partial charge in [-0.25, -0.2) is 13.1 Å². The van der Waals surface area contributed by atoms with E-state index in [-0.39, 0.29) is 41.1 Å². The Morgan fingerprint density at radius 3 is 2.64 bits per heavy atom. The first-order valence-corrected chi connectivity index (χ1v) is 21.2. The van der Waals surface area contributed by atoms with E-state index in [1.807, 2.05) is 24.0 Å². The molecule has 0 aromatic heterocycles. The molecule has 1 spiro atoms. The van der Waals surface area contributed by atoms with Gasteiger partial charge in [0.15, 0.2) is 0 Å². The molecule has 12 heteroatoms. The van der Waals surface area contributed by atoms with Crippen molar-refractivity contribution in [1.29, 1.82) is 0 Å². The number of carbonyl (C=O) groups is 2. The molecule has 2 bridgehead atoms. The van der Waals surface area contributed by atoms with Crippen LogP contribution in [0.3, 0.4) is 0 Å². The third-order valence-electron chi connectivity index (χ3n) is 13.3. The first-order valence-electron chi connectivity index (χ1n) is 19.3. The van der Waals surface area contributed by atoms with Gasteiger partial charge in [-0.3, -0.25) is 9.59 Å². The van der Waals surface area contributed by atoms with Crippen LogP contribution >= 0.6 is 11.6 Å². The minimum atomic E-state index is -4.01. The number of nitrogens with one attached hydrogen (secondary N) is 1. The monoisotopic (exact) mass is 766 g/mol. The van der Waals surface area contributed by atoms with E-state index >= 15 is 0 Å². The zero-order chi connectivity index (χ0) is 37.7. The van der Waals surface area contributed by atoms with E-state index in [2.05, 4.69) is 46.8 Å². The zero-order valence-corrected chi connectivity index (χ0v) is 33.3. The number of hydrogen-bond donors (Lipinski definition) is 1. The molecule has 1 N–H and O–H groups in total. The molecule has 7 atom stereocenters. The fourth-order valence-electron chi connectivity index (χ4n) is 9.57. The molecule has 2 aliphatic carbocycles. The Morgan fingerprint density at radius 1 is 1.11 bits per heavy atom. The van der Waals surface area contributed by atoms with Gasteiger partial charge in [-0.1, -0.05) is 36.7 Å². The van der Waals surface area contributed by atoms with E-state index in [0.717, 1.165) is 55.8 Å². The van der Waals surface area contributed by atoms with Gasteiger partial charge in [-0.2, -0.15) is 0 Å². The number of benzene rings is 2. The van der Waals surface area contributed by atoms with Gasteiger partial charge in [-0.15, -0.1) is 0 Å². The van der Waals surface area contributed by atoms with Crippen molar-refractivity contribution in [2.24, 2.45) is 17.8 Å². The summed E-state index contributed by atoms with van der Waals surface area (Å²) in [4.78, 5) is 34.3. The van der Waals surface area contributed by atoms with Crippen LogP contribution in [0.1, 0.15) is 80.3 Å². The Hall–Kier alpha value is -3.12. The highest BCUT2D eigenvalue weighted by atomic mass is 35.5. The second-order valence-corrected chi connectivity index (χ2v) is 19.1. The van der Waals surface area contributed by atoms with Crippen LogP contribution in [-0.2, 0) is 31.4 Å². The summed E-state index contributed by atoms with van der Waals surface area (Å²) < 4.78 is 42.7. The number of sulfonamides is 1. The molecule has 1 saturated heterocycles. The fourth-order valence-corrected chi connectivity index (χ4v) is 11.1. The molecule has 10 nitrogen and oxygen atoms in total. The Kier molecular flexibility index (Phi) is 10.7. The lowest BCUT2D eigenvalue weighted by Gasteiger charge is -2.50. The number of nitrogens with zero attached hydrogens (tertiary/aromatic N) is 3. The summed E-state index contributed by atoms with van der Waals surface area (Å²) in [6.07, 6.45) is 10.4. The number of likely N-dealkylation sites (tertiary alicyclic amines) is 1. The number of anilines is 1. The third kappa shape index (κ3) is 7.35. The van der Waals surface area contributed by atoms with Crippen LogP contribution in [0, 0.1) is 17.8 Å². The van der Waals surface area contributed by atoms with Crippen LogP contribution in [0.4, 0.5) is 5.69 Å². The van der Waals surface area contributed by atoms with Gasteiger partial charge in [0.2, 0.25) is 15.9 Å². The molecule has 3 heterocycles. The minimum Gasteiger partial charge on any atom is -0.490 e. The first kappa shape index (κ1) is 38.2. The lowest BCUT2D eigenvalue weighted by Crippen LogP contribution is -2.54. The summed E-state index contributed by atoms with van der Waals surface area (Å²) in [7, 11) is 1.83. The molecule has 5 aliphatic rings. The number of fused-ring (bicyclic) bond motifs is 4. The number of likely N-dealkylation sites (N-methyl/N-ethyl adjacent to an activating group) is 1. The highest BCUT2D eigenvalue weighted by Crippen LogP contribution is 2.50. The maximum Gasteiger partial charge on any atom is 0.264 e. The third-order valence-corrected chi connectivity index (χ3v) is 15.4. The highest BCUT2D eigenvalue weighted by molar-refractivity contribution is 7.90. The Labute approximate surface area is 320 Å². The van der Waals surface area contributed by atoms with Gasteiger partial charge in [0.1, 0.15) is 5.75 Å². The number of amides is 2. The summed E-state index contributed by atoms with van der Waals surface area (Å²) >= 11 is 6.49. The van der Waals surface area contributed by atoms with Crippen molar-refractivity contribution in [2.75, 3.05) is 58.9 Å². The number of allylic oxidation sites excluding steroid dienone is 1. The van der Waals surface area contributed by atoms with Crippen LogP contribution in [0.2, 0.25) is 5.02 Å². The molecule has 1 saturated carbocycles. The number of aryl methyl sites for hydroxylation is 1. The fraction of sp³-hybridized carbons (Fsp3) is 0.610. The van der Waals surface area contributed by atoms with Crippen molar-refractivity contribution in [1.82, 2.24) is 14.5 Å². The lowest BCUT2D eigenvalue weighted by molar-refractivity contribution is -0.142. The number of ether oxygens (including phenoxy) is 2. The van der Waals surface area contributed by atoms with Crippen molar-refractivity contribution in [3.63, 3.8) is 0 Å². The molecule has 0 unspecified atom stereocenters. The molecule has 2 aromatic rings. The van der Waals surface area contributed by atoms with E-state index in [4.69, 9.17) is 21.1 Å². The molecule has 2 fully saturated rings. The van der Waals surface area contributed by atoms with Crippen molar-refractivity contribution >= 4 is 39.1 Å². The van der Waals surface area contributed by atoms with Crippen molar-refractivity contribution in [3.05, 3.63) is 70.3 Å². The summed E-state index contributed by atoms with van der Waals surface area (Å²) in [5, 5.41) is -0.119. The molecule has 3 aliphatic heterocycles. The predicted molar refractivity (Wildman–Crippen MR) is 208 cm³/mol. The Balaban J connectivity index is 1.29. The summed E-state index contributed by atoms with van der Waals surface area (Å²) in [6.45, 7) is 6.73. The smallest absolute Gasteiger partial charge is 0.264 e. The van der Waals surface area contributed by atoms with Crippen molar-refractivity contribution in [2.45, 2.75) is 87.5 Å². The molecule has 2 aromatic carbocycles. The van der Waals surface area contributed by atoms with Gasteiger partial charge >= 0.3 is 0 Å². The van der Waals surface area contributed by atoms with E-state index in [1.54, 1.807) is 32.2 Å². The first-order chi connectivity index (χ1) is 25.2. The van der Waals surface area contributed by atoms with E-state index < -0.39 is 26.8 Å². The van der Waals surface area contributed by atoms with Gasteiger partial charge in [0.25, 0.3) is 5.91 Å². The Bertz CT molecular complexity index is 1870. The topological polar surface area (TPSA) is 108 Å². The Morgan fingerprint density at radius 2 is 1.92 bits per heavy atom. The maximum atomic E-state index is 14.1. The van der Waals surface area contributed by atoms with Crippen LogP contribution in [-0.4, -0.2) is 101 Å². The molecular weight excluding hydrogens is 712 g/mol. The van der Waals surface area contributed by atoms with Crippen LogP contribution in [0.15, 0.2) is 48.6 Å². The number of carbonyl (C=O) groups excluding carboxylic acids is 2. The van der Waals surface area contributed by atoms with Gasteiger partial charge in [-0.05, 0) is 125 Å². The van der Waals surface area contributed by atoms with Crippen molar-refractivity contribution < 1.29 is 27.5 Å². The van der Waals surface area contributed by atoms with Crippen LogP contribution in [0.25, 0.3) is 0 Å². The lowest BCUT2D eigenvalue weighted by atomic mass is 9.62. The molecule has 0 radical (unpaired) electrons. The minimum absolute atomic E-state index is 0.0526. The summed E-state index contributed by atoms with van der Waals surface area (Å²) in [6, 6.07) is 11.8. The molecule has 288 valence electrons. The van der Waals surface area contributed by atoms with E-state index in [1.165, 1.54) is 11.1 Å². The van der Waals surface area contributed by atoms with E-state index in [0.29, 0.717) is 44.5 Å². The molecule has 53 heavy (non-hydrogen) atoms. The quantitative estimate of drug-likeness (QED) is 0.388. The van der Waals surface area contributed by atoms with Gasteiger partial charge in [0.05, 0.1) is 29.6 Å². The average Bonchev–Trinajstić information content (AvgIpc) is 3.57. The molecule has 2 amide bonds. The second-order valence-electron chi connectivity index (χ2n) is 16.6. The number of hydrogen-bond acceptors (Lipinski definition) is 8. The molecular formula is C41H55ClN4O6S. The second kappa shape index (κ2) is 14.8. The van der Waals surface area contributed by atoms with Gasteiger partial charge in [0, 0.05) is 55.3 Å². The highest BCUT2D eigenvalue weighted by Gasteiger charge is 2.50. The van der Waals surface area contributed by atoms with E-state index in [9.17, 15) is 18.0 Å². The summed E-state index contributed by atoms with van der Waals surface area (Å²) in [5.41, 5.74) is 2.34. The zero-order valence-electron chi connectivity index (χ0n) is 31.8. The standard InChI is InChI=1S/C41H55ClN4O6S/c1-27-8-6-18-41(51-5,22-38(47)45-19-16-33(24-45)44(3)4)35-13-10-31(35)23-46-25-40(17-7-9-29-20-32(42)12-14-34(29)40)26-52-37-15-11-30(21-36(37)46)39(48)43-53(49,50)28(27)2/h6,11-12,14-15,18,20-21,27-28,31,33,35H,7-10,13,16-17,19,22-26H2,1-5H3,(H,43,48)/b18-6+/t27-,28+,31-,33+,35+,40-,41-/m0/s1. The number of methoxy groups -OCH3 is 1. The summed E-state index contributed by atoms with van der Waals surface area (Å²) in [5.74, 6) is 0.0476. The maximum absolute atomic E-state index is 14.1. The van der Waals surface area contributed by atoms with Crippen molar-refractivity contribution in [3.8, 4) is 5.75 Å².